The van der Waals surface area contributed by atoms with Crippen molar-refractivity contribution in [3.8, 4) is 0 Å². The second-order valence-corrected chi connectivity index (χ2v) is 4.95. The van der Waals surface area contributed by atoms with Crippen molar-refractivity contribution in [2.24, 2.45) is 0 Å². The summed E-state index contributed by atoms with van der Waals surface area (Å²) < 4.78 is 51.5. The maximum absolute atomic E-state index is 13.0. The molecule has 0 radical (unpaired) electrons. The lowest BCUT2D eigenvalue weighted by Crippen LogP contribution is -2.09. The van der Waals surface area contributed by atoms with Crippen molar-refractivity contribution in [2.45, 2.75) is 26.6 Å². The molecule has 0 spiro atoms. The molecule has 0 aliphatic carbocycles. The van der Waals surface area contributed by atoms with Gasteiger partial charge < -0.3 is 5.32 Å². The summed E-state index contributed by atoms with van der Waals surface area (Å²) in [5.74, 6) is -0.328. The van der Waals surface area contributed by atoms with Crippen LogP contribution in [0.3, 0.4) is 0 Å². The van der Waals surface area contributed by atoms with Crippen molar-refractivity contribution < 1.29 is 17.6 Å². The van der Waals surface area contributed by atoms with Gasteiger partial charge in [-0.15, -0.1) is 0 Å². The molecule has 0 unspecified atom stereocenters. The van der Waals surface area contributed by atoms with Gasteiger partial charge in [0, 0.05) is 12.2 Å². The van der Waals surface area contributed by atoms with Gasteiger partial charge in [0.1, 0.15) is 5.82 Å². The zero-order valence-electron chi connectivity index (χ0n) is 11.7. The number of hydrogen-bond acceptors (Lipinski definition) is 1. The van der Waals surface area contributed by atoms with Gasteiger partial charge in [0.2, 0.25) is 0 Å². The maximum Gasteiger partial charge on any atom is 0.416 e. The van der Waals surface area contributed by atoms with Gasteiger partial charge in [-0.1, -0.05) is 12.1 Å². The molecule has 1 nitrogen and oxygen atoms in total. The molecule has 2 aromatic carbocycles. The van der Waals surface area contributed by atoms with E-state index in [0.717, 1.165) is 17.2 Å². The smallest absolute Gasteiger partial charge is 0.381 e. The molecule has 0 saturated heterocycles. The van der Waals surface area contributed by atoms with Crippen LogP contribution in [0.2, 0.25) is 0 Å². The zero-order chi connectivity index (χ0) is 15.6. The highest BCUT2D eigenvalue weighted by molar-refractivity contribution is 5.50. The summed E-state index contributed by atoms with van der Waals surface area (Å²) >= 11 is 0. The standard InChI is InChI=1S/C16H15F4N/c1-10-3-6-14(8-15(10)16(18,19)20)21-9-12-4-5-13(17)7-11(12)2/h3-8,21H,9H2,1-2H3. The Bertz CT molecular complexity index is 647. The maximum atomic E-state index is 13.0. The highest BCUT2D eigenvalue weighted by Crippen LogP contribution is 2.33. The summed E-state index contributed by atoms with van der Waals surface area (Å²) in [4.78, 5) is 0. The van der Waals surface area contributed by atoms with E-state index in [-0.39, 0.29) is 11.4 Å². The van der Waals surface area contributed by atoms with Crippen LogP contribution in [0.5, 0.6) is 0 Å². The number of halogens is 4. The fourth-order valence-electron chi connectivity index (χ4n) is 2.09. The molecule has 0 atom stereocenters. The van der Waals surface area contributed by atoms with Crippen molar-refractivity contribution in [3.05, 3.63) is 64.5 Å². The first-order chi connectivity index (χ1) is 9.77. The molecule has 2 rings (SSSR count). The molecule has 0 aromatic heterocycles. The Labute approximate surface area is 120 Å². The highest BCUT2D eigenvalue weighted by Gasteiger charge is 2.32. The van der Waals surface area contributed by atoms with E-state index in [9.17, 15) is 17.6 Å². The quantitative estimate of drug-likeness (QED) is 0.780. The SMILES string of the molecule is Cc1cc(F)ccc1CNc1ccc(C)c(C(F)(F)F)c1. The summed E-state index contributed by atoms with van der Waals surface area (Å²) in [6, 6.07) is 8.48. The molecule has 0 heterocycles. The lowest BCUT2D eigenvalue weighted by atomic mass is 10.1. The molecule has 0 bridgehead atoms. The average molecular weight is 297 g/mol. The predicted octanol–water partition coefficient (Wildman–Crippen LogP) is 5.07. The van der Waals surface area contributed by atoms with E-state index in [1.807, 2.05) is 0 Å². The zero-order valence-corrected chi connectivity index (χ0v) is 11.7. The first-order valence-corrected chi connectivity index (χ1v) is 6.44. The number of aryl methyl sites for hydroxylation is 2. The van der Waals surface area contributed by atoms with Gasteiger partial charge in [-0.05, 0) is 54.8 Å². The van der Waals surface area contributed by atoms with Gasteiger partial charge in [0.15, 0.2) is 0 Å². The molecule has 0 saturated carbocycles. The van der Waals surface area contributed by atoms with Gasteiger partial charge in [-0.3, -0.25) is 0 Å². The van der Waals surface area contributed by atoms with Crippen LogP contribution in [0.1, 0.15) is 22.3 Å². The van der Waals surface area contributed by atoms with Gasteiger partial charge in [-0.2, -0.15) is 13.2 Å². The molecule has 0 aliphatic rings. The second-order valence-electron chi connectivity index (χ2n) is 4.95. The van der Waals surface area contributed by atoms with Crippen LogP contribution in [0.15, 0.2) is 36.4 Å². The van der Waals surface area contributed by atoms with E-state index in [0.29, 0.717) is 12.2 Å². The van der Waals surface area contributed by atoms with Crippen LogP contribution in [0.25, 0.3) is 0 Å². The summed E-state index contributed by atoms with van der Waals surface area (Å²) in [7, 11) is 0. The largest absolute Gasteiger partial charge is 0.416 e. The molecule has 2 aromatic rings. The Hall–Kier alpha value is -2.04. The predicted molar refractivity (Wildman–Crippen MR) is 74.6 cm³/mol. The fourth-order valence-corrected chi connectivity index (χ4v) is 2.09. The van der Waals surface area contributed by atoms with Crippen molar-refractivity contribution in [2.75, 3.05) is 5.32 Å². The van der Waals surface area contributed by atoms with Crippen molar-refractivity contribution in [1.82, 2.24) is 0 Å². The van der Waals surface area contributed by atoms with Gasteiger partial charge in [0.05, 0.1) is 5.56 Å². The first kappa shape index (κ1) is 15.4. The second kappa shape index (κ2) is 5.76. The third kappa shape index (κ3) is 3.74. The number of anilines is 1. The summed E-state index contributed by atoms with van der Waals surface area (Å²) in [6.07, 6.45) is -4.37. The number of alkyl halides is 3. The summed E-state index contributed by atoms with van der Waals surface area (Å²) in [6.45, 7) is 3.53. The minimum Gasteiger partial charge on any atom is -0.381 e. The molecule has 1 N–H and O–H groups in total. The van der Waals surface area contributed by atoms with Crippen molar-refractivity contribution in [1.29, 1.82) is 0 Å². The highest BCUT2D eigenvalue weighted by atomic mass is 19.4. The van der Waals surface area contributed by atoms with Gasteiger partial charge >= 0.3 is 6.18 Å². The Kier molecular flexibility index (Phi) is 4.21. The first-order valence-electron chi connectivity index (χ1n) is 6.44. The van der Waals surface area contributed by atoms with E-state index in [1.165, 1.54) is 25.1 Å². The average Bonchev–Trinajstić information content (AvgIpc) is 2.38. The van der Waals surface area contributed by atoms with Crippen molar-refractivity contribution >= 4 is 5.69 Å². The molecular weight excluding hydrogens is 282 g/mol. The molecule has 21 heavy (non-hydrogen) atoms. The molecule has 0 fully saturated rings. The lowest BCUT2D eigenvalue weighted by molar-refractivity contribution is -0.138. The van der Waals surface area contributed by atoms with E-state index in [2.05, 4.69) is 5.32 Å². The van der Waals surface area contributed by atoms with E-state index < -0.39 is 11.7 Å². The van der Waals surface area contributed by atoms with Crippen LogP contribution in [-0.2, 0) is 12.7 Å². The van der Waals surface area contributed by atoms with Crippen LogP contribution < -0.4 is 5.32 Å². The molecule has 0 amide bonds. The molecular formula is C16H15F4N. The third-order valence-corrected chi connectivity index (χ3v) is 3.33. The van der Waals surface area contributed by atoms with Gasteiger partial charge in [-0.25, -0.2) is 4.39 Å². The van der Waals surface area contributed by atoms with Crippen LogP contribution >= 0.6 is 0 Å². The number of nitrogens with one attached hydrogen (secondary N) is 1. The van der Waals surface area contributed by atoms with Gasteiger partial charge in [0.25, 0.3) is 0 Å². The van der Waals surface area contributed by atoms with E-state index >= 15 is 0 Å². The van der Waals surface area contributed by atoms with Crippen molar-refractivity contribution in [3.63, 3.8) is 0 Å². The Morgan fingerprint density at radius 3 is 2.29 bits per heavy atom. The number of hydrogen-bond donors (Lipinski definition) is 1. The van der Waals surface area contributed by atoms with E-state index in [4.69, 9.17) is 0 Å². The molecule has 0 aliphatic heterocycles. The molecule has 112 valence electrons. The monoisotopic (exact) mass is 297 g/mol. The fraction of sp³-hybridized carbons (Fsp3) is 0.250. The Balaban J connectivity index is 2.17. The Morgan fingerprint density at radius 1 is 0.952 bits per heavy atom. The van der Waals surface area contributed by atoms with Crippen LogP contribution in [-0.4, -0.2) is 0 Å². The minimum atomic E-state index is -4.37. The lowest BCUT2D eigenvalue weighted by Gasteiger charge is -2.14. The van der Waals surface area contributed by atoms with E-state index in [1.54, 1.807) is 19.1 Å². The minimum absolute atomic E-state index is 0.186. The topological polar surface area (TPSA) is 12.0 Å². The van der Waals surface area contributed by atoms with Crippen LogP contribution in [0.4, 0.5) is 23.2 Å². The Morgan fingerprint density at radius 2 is 1.67 bits per heavy atom. The normalized spacial score (nSPS) is 11.5. The number of benzene rings is 2. The summed E-state index contributed by atoms with van der Waals surface area (Å²) in [5.41, 5.74) is 1.52. The molecule has 5 heteroatoms. The summed E-state index contributed by atoms with van der Waals surface area (Å²) in [5, 5.41) is 2.94. The van der Waals surface area contributed by atoms with Crippen LogP contribution in [0, 0.1) is 19.7 Å². The number of rotatable bonds is 3. The third-order valence-electron chi connectivity index (χ3n) is 3.33.